The lowest BCUT2D eigenvalue weighted by atomic mass is 10.1. The van der Waals surface area contributed by atoms with Gasteiger partial charge in [0.2, 0.25) is 0 Å². The molecule has 0 spiro atoms. The Hall–Kier alpha value is -0.410. The summed E-state index contributed by atoms with van der Waals surface area (Å²) in [7, 11) is 2.12. The maximum absolute atomic E-state index is 10.2. The van der Waals surface area contributed by atoms with Crippen LogP contribution < -0.4 is 0 Å². The summed E-state index contributed by atoms with van der Waals surface area (Å²) in [5.41, 5.74) is 0. The molecule has 1 N–H and O–H groups in total. The molecule has 0 aliphatic heterocycles. The lowest BCUT2D eigenvalue weighted by Crippen LogP contribution is -2.29. The first-order valence-electron chi connectivity index (χ1n) is 11.5. The summed E-state index contributed by atoms with van der Waals surface area (Å²) in [6, 6.07) is 0. The average Bonchev–Trinajstić information content (AvgIpc) is 2.62. The van der Waals surface area contributed by atoms with Gasteiger partial charge in [-0.05, 0) is 32.9 Å². The number of aliphatic hydroxyl groups excluding tert-OH is 1. The molecule has 0 aromatic rings. The zero-order chi connectivity index (χ0) is 19.3. The molecule has 3 nitrogen and oxygen atoms in total. The highest BCUT2D eigenvalue weighted by atomic mass is 16.3. The second-order valence-corrected chi connectivity index (χ2v) is 8.11. The van der Waals surface area contributed by atoms with Crippen LogP contribution in [0.3, 0.4) is 0 Å². The minimum absolute atomic E-state index is 0.214. The summed E-state index contributed by atoms with van der Waals surface area (Å²) >= 11 is 0. The molecule has 0 aromatic heterocycles. The molecular formula is C23H47NO2. The fraction of sp³-hybridized carbons (Fsp3) is 0.957. The van der Waals surface area contributed by atoms with E-state index >= 15 is 0 Å². The molecule has 0 heterocycles. The van der Waals surface area contributed by atoms with Crippen LogP contribution in [-0.4, -0.2) is 42.5 Å². The molecule has 0 fully saturated rings. The van der Waals surface area contributed by atoms with Crippen LogP contribution in [0.25, 0.3) is 0 Å². The predicted molar refractivity (Wildman–Crippen MR) is 114 cm³/mol. The molecule has 3 heteroatoms. The fourth-order valence-corrected chi connectivity index (χ4v) is 3.55. The summed E-state index contributed by atoms with van der Waals surface area (Å²) in [5.74, 6) is 0. The Balaban J connectivity index is 3.27. The number of carbonyl (C=O) groups is 1. The average molecular weight is 370 g/mol. The number of aliphatic hydroxyl groups is 1. The van der Waals surface area contributed by atoms with E-state index in [2.05, 4.69) is 18.9 Å². The third kappa shape index (κ3) is 19.9. The van der Waals surface area contributed by atoms with Crippen LogP contribution in [0.1, 0.15) is 116 Å². The predicted octanol–water partition coefficient (Wildman–Crippen LogP) is 6.13. The molecule has 0 rings (SSSR count). The van der Waals surface area contributed by atoms with E-state index in [1.165, 1.54) is 77.0 Å². The van der Waals surface area contributed by atoms with Crippen molar-refractivity contribution in [3.63, 3.8) is 0 Å². The van der Waals surface area contributed by atoms with Crippen LogP contribution in [0.15, 0.2) is 0 Å². The topological polar surface area (TPSA) is 40.5 Å². The Morgan fingerprint density at radius 1 is 0.769 bits per heavy atom. The van der Waals surface area contributed by atoms with E-state index in [0.29, 0.717) is 6.42 Å². The molecule has 0 amide bonds. The van der Waals surface area contributed by atoms with Crippen LogP contribution in [-0.2, 0) is 4.79 Å². The lowest BCUT2D eigenvalue weighted by molar-refractivity contribution is -0.107. The molecule has 26 heavy (non-hydrogen) atoms. The highest BCUT2D eigenvalue weighted by Gasteiger charge is 2.07. The molecule has 0 saturated carbocycles. The second kappa shape index (κ2) is 20.9. The van der Waals surface area contributed by atoms with E-state index in [0.717, 1.165) is 45.1 Å². The van der Waals surface area contributed by atoms with E-state index in [4.69, 9.17) is 0 Å². The minimum atomic E-state index is -0.214. The maximum atomic E-state index is 10.2. The van der Waals surface area contributed by atoms with Crippen molar-refractivity contribution in [3.05, 3.63) is 0 Å². The second-order valence-electron chi connectivity index (χ2n) is 8.11. The maximum Gasteiger partial charge on any atom is 0.119 e. The molecule has 1 unspecified atom stereocenters. The molecule has 1 atom stereocenters. The molecule has 156 valence electrons. The SMILES string of the molecule is CCCCCCCCCCCCCCN(C)CC(O)CCCCCC=O. The van der Waals surface area contributed by atoms with E-state index in [1.807, 2.05) is 0 Å². The van der Waals surface area contributed by atoms with Gasteiger partial charge in [-0.1, -0.05) is 90.4 Å². The smallest absolute Gasteiger partial charge is 0.119 e. The largest absolute Gasteiger partial charge is 0.392 e. The van der Waals surface area contributed by atoms with Crippen molar-refractivity contribution >= 4 is 6.29 Å². The van der Waals surface area contributed by atoms with Crippen molar-refractivity contribution < 1.29 is 9.90 Å². The van der Waals surface area contributed by atoms with E-state index < -0.39 is 0 Å². The van der Waals surface area contributed by atoms with Gasteiger partial charge in [0.05, 0.1) is 6.10 Å². The number of rotatable bonds is 21. The number of unbranched alkanes of at least 4 members (excludes halogenated alkanes) is 14. The Morgan fingerprint density at radius 3 is 1.81 bits per heavy atom. The van der Waals surface area contributed by atoms with E-state index in [1.54, 1.807) is 0 Å². The highest BCUT2D eigenvalue weighted by molar-refractivity contribution is 5.48. The fourth-order valence-electron chi connectivity index (χ4n) is 3.55. The van der Waals surface area contributed by atoms with Gasteiger partial charge >= 0.3 is 0 Å². The summed E-state index contributed by atoms with van der Waals surface area (Å²) in [4.78, 5) is 12.5. The van der Waals surface area contributed by atoms with Crippen molar-refractivity contribution in [2.24, 2.45) is 0 Å². The Morgan fingerprint density at radius 2 is 1.27 bits per heavy atom. The van der Waals surface area contributed by atoms with Gasteiger partial charge in [-0.3, -0.25) is 0 Å². The normalized spacial score (nSPS) is 12.6. The van der Waals surface area contributed by atoms with E-state index in [-0.39, 0.29) is 6.10 Å². The zero-order valence-corrected chi connectivity index (χ0v) is 17.9. The van der Waals surface area contributed by atoms with Crippen LogP contribution >= 0.6 is 0 Å². The first-order chi connectivity index (χ1) is 12.7. The monoisotopic (exact) mass is 369 g/mol. The van der Waals surface area contributed by atoms with Crippen molar-refractivity contribution in [2.45, 2.75) is 122 Å². The van der Waals surface area contributed by atoms with Crippen LogP contribution in [0, 0.1) is 0 Å². The van der Waals surface area contributed by atoms with Gasteiger partial charge in [0, 0.05) is 13.0 Å². The summed E-state index contributed by atoms with van der Waals surface area (Å²) in [6.07, 6.45) is 22.0. The highest BCUT2D eigenvalue weighted by Crippen LogP contribution is 2.12. The number of hydrogen-bond acceptors (Lipinski definition) is 3. The van der Waals surface area contributed by atoms with Crippen LogP contribution in [0.4, 0.5) is 0 Å². The number of aldehydes is 1. The lowest BCUT2D eigenvalue weighted by Gasteiger charge is -2.20. The molecule has 0 saturated heterocycles. The molecule has 0 aromatic carbocycles. The quantitative estimate of drug-likeness (QED) is 0.195. The molecule has 0 radical (unpaired) electrons. The van der Waals surface area contributed by atoms with Gasteiger partial charge in [-0.15, -0.1) is 0 Å². The summed E-state index contributed by atoms with van der Waals surface area (Å²) in [6.45, 7) is 4.16. The third-order valence-electron chi connectivity index (χ3n) is 5.28. The van der Waals surface area contributed by atoms with Crippen molar-refractivity contribution in [1.29, 1.82) is 0 Å². The number of nitrogens with zero attached hydrogens (tertiary/aromatic N) is 1. The van der Waals surface area contributed by atoms with Crippen LogP contribution in [0.5, 0.6) is 0 Å². The van der Waals surface area contributed by atoms with Gasteiger partial charge in [-0.2, -0.15) is 0 Å². The Labute approximate surface area is 163 Å². The summed E-state index contributed by atoms with van der Waals surface area (Å²) < 4.78 is 0. The molecule has 0 bridgehead atoms. The first kappa shape index (κ1) is 25.6. The Bertz CT molecular complexity index is 283. The minimum Gasteiger partial charge on any atom is -0.392 e. The van der Waals surface area contributed by atoms with Crippen molar-refractivity contribution in [1.82, 2.24) is 4.90 Å². The van der Waals surface area contributed by atoms with E-state index in [9.17, 15) is 9.90 Å². The van der Waals surface area contributed by atoms with Gasteiger partial charge in [0.15, 0.2) is 0 Å². The van der Waals surface area contributed by atoms with Gasteiger partial charge in [0.1, 0.15) is 6.29 Å². The standard InChI is InChI=1S/C23H47NO2/c1-3-4-5-6-7-8-9-10-11-12-14-17-20-24(2)22-23(26)19-16-13-15-18-21-25/h21,23,26H,3-20,22H2,1-2H3. The van der Waals surface area contributed by atoms with Gasteiger partial charge in [-0.25, -0.2) is 0 Å². The number of hydrogen-bond donors (Lipinski definition) is 1. The zero-order valence-electron chi connectivity index (χ0n) is 17.9. The van der Waals surface area contributed by atoms with Crippen molar-refractivity contribution in [2.75, 3.05) is 20.1 Å². The molecular weight excluding hydrogens is 322 g/mol. The number of carbonyl (C=O) groups excluding carboxylic acids is 1. The molecule has 0 aliphatic carbocycles. The van der Waals surface area contributed by atoms with Crippen LogP contribution in [0.2, 0.25) is 0 Å². The molecule has 0 aliphatic rings. The number of likely N-dealkylation sites (N-methyl/N-ethyl adjacent to an activating group) is 1. The Kier molecular flexibility index (Phi) is 20.6. The first-order valence-corrected chi connectivity index (χ1v) is 11.5. The van der Waals surface area contributed by atoms with Gasteiger partial charge in [0.25, 0.3) is 0 Å². The van der Waals surface area contributed by atoms with Gasteiger partial charge < -0.3 is 14.8 Å². The summed E-state index contributed by atoms with van der Waals surface area (Å²) in [5, 5.41) is 10.1. The van der Waals surface area contributed by atoms with Crippen molar-refractivity contribution in [3.8, 4) is 0 Å². The third-order valence-corrected chi connectivity index (χ3v) is 5.28.